The maximum atomic E-state index is 12.2. The second-order valence-electron chi connectivity index (χ2n) is 5.07. The molecular formula is C13H24N2O3. The summed E-state index contributed by atoms with van der Waals surface area (Å²) in [6.07, 6.45) is 3.28. The van der Waals surface area contributed by atoms with Gasteiger partial charge >= 0.3 is 5.97 Å². The fourth-order valence-corrected chi connectivity index (χ4v) is 2.31. The Bertz CT molecular complexity index is 288. The number of rotatable bonds is 6. The highest BCUT2D eigenvalue weighted by atomic mass is 16.4. The molecule has 5 nitrogen and oxygen atoms in total. The van der Waals surface area contributed by atoms with E-state index in [1.165, 1.54) is 4.90 Å². The van der Waals surface area contributed by atoms with E-state index in [1.54, 1.807) is 0 Å². The first-order chi connectivity index (χ1) is 8.54. The molecule has 1 heterocycles. The van der Waals surface area contributed by atoms with Crippen LogP contribution in [-0.4, -0.2) is 47.6 Å². The largest absolute Gasteiger partial charge is 0.480 e. The monoisotopic (exact) mass is 256 g/mol. The Hall–Kier alpha value is -1.10. The van der Waals surface area contributed by atoms with Crippen LogP contribution in [0, 0.1) is 5.92 Å². The number of hydrogen-bond acceptors (Lipinski definition) is 3. The van der Waals surface area contributed by atoms with Crippen molar-refractivity contribution in [3.63, 3.8) is 0 Å². The molecule has 0 aromatic heterocycles. The van der Waals surface area contributed by atoms with Crippen molar-refractivity contribution in [2.75, 3.05) is 19.6 Å². The molecule has 18 heavy (non-hydrogen) atoms. The van der Waals surface area contributed by atoms with Gasteiger partial charge in [-0.05, 0) is 45.2 Å². The highest BCUT2D eigenvalue weighted by Gasteiger charge is 2.25. The van der Waals surface area contributed by atoms with E-state index in [4.69, 9.17) is 5.11 Å². The molecule has 1 unspecified atom stereocenters. The molecule has 1 amide bonds. The molecule has 1 aliphatic heterocycles. The molecule has 0 radical (unpaired) electrons. The third kappa shape index (κ3) is 4.64. The highest BCUT2D eigenvalue weighted by molar-refractivity contribution is 5.81. The van der Waals surface area contributed by atoms with Crippen LogP contribution in [0.15, 0.2) is 0 Å². The Kier molecular flexibility index (Phi) is 6.12. The van der Waals surface area contributed by atoms with Gasteiger partial charge in [-0.2, -0.15) is 0 Å². The van der Waals surface area contributed by atoms with Crippen LogP contribution in [0.2, 0.25) is 0 Å². The Morgan fingerprint density at radius 3 is 2.50 bits per heavy atom. The Labute approximate surface area is 109 Å². The lowest BCUT2D eigenvalue weighted by Crippen LogP contribution is -2.43. The Morgan fingerprint density at radius 1 is 1.39 bits per heavy atom. The molecule has 0 aromatic rings. The van der Waals surface area contributed by atoms with Crippen LogP contribution in [0.4, 0.5) is 0 Å². The molecule has 5 heteroatoms. The summed E-state index contributed by atoms with van der Waals surface area (Å²) in [6.45, 7) is 5.61. The van der Waals surface area contributed by atoms with Gasteiger partial charge in [0.15, 0.2) is 0 Å². The van der Waals surface area contributed by atoms with Crippen LogP contribution in [0.5, 0.6) is 0 Å². The summed E-state index contributed by atoms with van der Waals surface area (Å²) in [5, 5.41) is 12.1. The molecule has 1 saturated heterocycles. The third-order valence-electron chi connectivity index (χ3n) is 3.67. The van der Waals surface area contributed by atoms with Crippen molar-refractivity contribution in [1.29, 1.82) is 0 Å². The maximum Gasteiger partial charge on any atom is 0.323 e. The third-order valence-corrected chi connectivity index (χ3v) is 3.67. The fraction of sp³-hybridized carbons (Fsp3) is 0.846. The number of carbonyl (C=O) groups is 2. The molecular weight excluding hydrogens is 232 g/mol. The summed E-state index contributed by atoms with van der Waals surface area (Å²) in [6, 6.07) is -0.00434. The van der Waals surface area contributed by atoms with Crippen LogP contribution in [0.1, 0.15) is 39.5 Å². The van der Waals surface area contributed by atoms with Crippen molar-refractivity contribution in [3.8, 4) is 0 Å². The number of carboxylic acid groups (broad SMARTS) is 1. The first kappa shape index (κ1) is 15.0. The number of nitrogens with zero attached hydrogens (tertiary/aromatic N) is 1. The smallest absolute Gasteiger partial charge is 0.323 e. The number of carbonyl (C=O) groups excluding carboxylic acids is 1. The molecule has 2 N–H and O–H groups in total. The van der Waals surface area contributed by atoms with Crippen LogP contribution in [0.25, 0.3) is 0 Å². The zero-order valence-corrected chi connectivity index (χ0v) is 11.3. The number of piperidine rings is 1. The standard InChI is InChI=1S/C13H24N2O3/c1-3-10(2)15(9-13(17)18)12(16)8-11-4-6-14-7-5-11/h10-11,14H,3-9H2,1-2H3,(H,17,18). The predicted octanol–water partition coefficient (Wildman–Crippen LogP) is 1.09. The minimum absolute atomic E-state index is 0.00434. The van der Waals surface area contributed by atoms with E-state index in [0.29, 0.717) is 12.3 Å². The van der Waals surface area contributed by atoms with E-state index in [1.807, 2.05) is 13.8 Å². The number of amides is 1. The fourth-order valence-electron chi connectivity index (χ4n) is 2.31. The summed E-state index contributed by atoms with van der Waals surface area (Å²) < 4.78 is 0. The molecule has 104 valence electrons. The van der Waals surface area contributed by atoms with Crippen molar-refractivity contribution in [1.82, 2.24) is 10.2 Å². The molecule has 1 rings (SSSR count). The topological polar surface area (TPSA) is 69.6 Å². The average Bonchev–Trinajstić information content (AvgIpc) is 2.36. The van der Waals surface area contributed by atoms with Crippen molar-refractivity contribution >= 4 is 11.9 Å². The first-order valence-electron chi connectivity index (χ1n) is 6.76. The van der Waals surface area contributed by atoms with E-state index in [-0.39, 0.29) is 18.5 Å². The minimum Gasteiger partial charge on any atom is -0.480 e. The van der Waals surface area contributed by atoms with Crippen LogP contribution in [-0.2, 0) is 9.59 Å². The van der Waals surface area contributed by atoms with E-state index >= 15 is 0 Å². The molecule has 0 spiro atoms. The normalized spacial score (nSPS) is 18.3. The van der Waals surface area contributed by atoms with Gasteiger partial charge in [-0.3, -0.25) is 9.59 Å². The molecule has 1 atom stereocenters. The number of hydrogen-bond donors (Lipinski definition) is 2. The molecule has 1 aliphatic rings. The van der Waals surface area contributed by atoms with Crippen LogP contribution < -0.4 is 5.32 Å². The summed E-state index contributed by atoms with van der Waals surface area (Å²) in [7, 11) is 0. The quantitative estimate of drug-likeness (QED) is 0.746. The lowest BCUT2D eigenvalue weighted by Gasteiger charge is -2.30. The molecule has 0 saturated carbocycles. The van der Waals surface area contributed by atoms with Gasteiger partial charge in [0.1, 0.15) is 6.54 Å². The second-order valence-corrected chi connectivity index (χ2v) is 5.07. The van der Waals surface area contributed by atoms with Crippen LogP contribution >= 0.6 is 0 Å². The van der Waals surface area contributed by atoms with Gasteiger partial charge in [0.05, 0.1) is 0 Å². The molecule has 0 aromatic carbocycles. The van der Waals surface area contributed by atoms with Gasteiger partial charge in [0.25, 0.3) is 0 Å². The van der Waals surface area contributed by atoms with Gasteiger partial charge in [-0.15, -0.1) is 0 Å². The Balaban J connectivity index is 2.54. The molecule has 1 fully saturated rings. The van der Waals surface area contributed by atoms with Gasteiger partial charge in [-0.1, -0.05) is 6.92 Å². The van der Waals surface area contributed by atoms with Crippen molar-refractivity contribution < 1.29 is 14.7 Å². The number of aliphatic carboxylic acids is 1. The summed E-state index contributed by atoms with van der Waals surface area (Å²) >= 11 is 0. The van der Waals surface area contributed by atoms with E-state index < -0.39 is 5.97 Å². The summed E-state index contributed by atoms with van der Waals surface area (Å²) in [5.74, 6) is -0.549. The van der Waals surface area contributed by atoms with Gasteiger partial charge in [0.2, 0.25) is 5.91 Å². The van der Waals surface area contributed by atoms with Gasteiger partial charge in [0, 0.05) is 12.5 Å². The summed E-state index contributed by atoms with van der Waals surface area (Å²) in [4.78, 5) is 24.5. The highest BCUT2D eigenvalue weighted by Crippen LogP contribution is 2.18. The second kappa shape index (κ2) is 7.36. The SMILES string of the molecule is CCC(C)N(CC(=O)O)C(=O)CC1CCNCC1. The van der Waals surface area contributed by atoms with Gasteiger partial charge in [-0.25, -0.2) is 0 Å². The van der Waals surface area contributed by atoms with Crippen molar-refractivity contribution in [2.24, 2.45) is 5.92 Å². The van der Waals surface area contributed by atoms with Gasteiger partial charge < -0.3 is 15.3 Å². The van der Waals surface area contributed by atoms with E-state index in [9.17, 15) is 9.59 Å². The Morgan fingerprint density at radius 2 is 2.00 bits per heavy atom. The predicted molar refractivity (Wildman–Crippen MR) is 69.3 cm³/mol. The maximum absolute atomic E-state index is 12.2. The minimum atomic E-state index is -0.936. The summed E-state index contributed by atoms with van der Waals surface area (Å²) in [5.41, 5.74) is 0. The lowest BCUT2D eigenvalue weighted by atomic mass is 9.94. The number of carboxylic acids is 1. The van der Waals surface area contributed by atoms with E-state index in [0.717, 1.165) is 32.4 Å². The first-order valence-corrected chi connectivity index (χ1v) is 6.76. The molecule has 0 bridgehead atoms. The van der Waals surface area contributed by atoms with Crippen LogP contribution in [0.3, 0.4) is 0 Å². The number of nitrogens with one attached hydrogen (secondary N) is 1. The average molecular weight is 256 g/mol. The lowest BCUT2D eigenvalue weighted by molar-refractivity contribution is -0.146. The van der Waals surface area contributed by atoms with Crippen molar-refractivity contribution in [3.05, 3.63) is 0 Å². The zero-order chi connectivity index (χ0) is 13.5. The zero-order valence-electron chi connectivity index (χ0n) is 11.3. The van der Waals surface area contributed by atoms with Crippen molar-refractivity contribution in [2.45, 2.75) is 45.6 Å². The van der Waals surface area contributed by atoms with E-state index in [2.05, 4.69) is 5.32 Å². The molecule has 0 aliphatic carbocycles.